The molecule has 0 radical (unpaired) electrons. The second-order valence-electron chi connectivity index (χ2n) is 18.7. The average molecular weight is 929 g/mol. The highest BCUT2D eigenvalue weighted by atomic mass is 35.5. The van der Waals surface area contributed by atoms with E-state index in [0.29, 0.717) is 95.8 Å². The van der Waals surface area contributed by atoms with Gasteiger partial charge in [-0.1, -0.05) is 17.7 Å². The monoisotopic (exact) mass is 928 g/mol. The van der Waals surface area contributed by atoms with Crippen molar-refractivity contribution < 1.29 is 32.7 Å². The third kappa shape index (κ3) is 8.88. The van der Waals surface area contributed by atoms with Crippen molar-refractivity contribution in [1.82, 2.24) is 35.0 Å². The first-order valence-corrected chi connectivity index (χ1v) is 23.2. The number of halogens is 3. The van der Waals surface area contributed by atoms with Crippen LogP contribution in [-0.4, -0.2) is 119 Å². The van der Waals surface area contributed by atoms with Gasteiger partial charge in [0.2, 0.25) is 17.8 Å². The zero-order valence-electron chi connectivity index (χ0n) is 37.4. The molecule has 4 amide bonds. The van der Waals surface area contributed by atoms with Gasteiger partial charge in [0, 0.05) is 82.7 Å². The van der Waals surface area contributed by atoms with E-state index in [-0.39, 0.29) is 66.5 Å². The van der Waals surface area contributed by atoms with Gasteiger partial charge in [0.15, 0.2) is 18.2 Å². The van der Waals surface area contributed by atoms with Crippen LogP contribution in [-0.2, 0) is 20.9 Å². The molecule has 1 atom stereocenters. The molecule has 7 heterocycles. The summed E-state index contributed by atoms with van der Waals surface area (Å²) in [5.41, 5.74) is 1.00. The fraction of sp³-hybridized carbons (Fsp3) is 0.511. The topological polar surface area (TPSA) is 174 Å². The second kappa shape index (κ2) is 18.1. The lowest BCUT2D eigenvalue weighted by Gasteiger charge is -2.49. The molecule has 66 heavy (non-hydrogen) atoms. The lowest BCUT2D eigenvalue weighted by Crippen LogP contribution is -2.53. The molecule has 16 nitrogen and oxygen atoms in total. The van der Waals surface area contributed by atoms with Gasteiger partial charge in [-0.25, -0.2) is 13.8 Å². The molecule has 2 aromatic heterocycles. The number of carbonyl (C=O) groups is 4. The van der Waals surface area contributed by atoms with Crippen LogP contribution in [0.15, 0.2) is 47.4 Å². The van der Waals surface area contributed by atoms with E-state index in [9.17, 15) is 24.0 Å². The number of carbonyl (C=O) groups excluding carboxylic acids is 4. The number of aromatic nitrogens is 3. The van der Waals surface area contributed by atoms with Gasteiger partial charge < -0.3 is 39.5 Å². The van der Waals surface area contributed by atoms with Gasteiger partial charge in [0.25, 0.3) is 17.4 Å². The van der Waals surface area contributed by atoms with Crippen molar-refractivity contribution in [2.75, 3.05) is 74.6 Å². The van der Waals surface area contributed by atoms with Gasteiger partial charge in [-0.3, -0.25) is 29.3 Å². The molecule has 0 aliphatic carbocycles. The molecule has 5 aliphatic rings. The Morgan fingerprint density at radius 2 is 1.68 bits per heavy atom. The van der Waals surface area contributed by atoms with E-state index >= 15 is 8.78 Å². The summed E-state index contributed by atoms with van der Waals surface area (Å²) in [4.78, 5) is 80.1. The van der Waals surface area contributed by atoms with Gasteiger partial charge in [-0.05, 0) is 100 Å². The highest BCUT2D eigenvalue weighted by Crippen LogP contribution is 2.45. The maximum absolute atomic E-state index is 16.6. The summed E-state index contributed by atoms with van der Waals surface area (Å²) in [7, 11) is 1.50. The van der Waals surface area contributed by atoms with Crippen LogP contribution in [0, 0.1) is 11.2 Å². The van der Waals surface area contributed by atoms with Crippen molar-refractivity contribution in [3.63, 3.8) is 0 Å². The molecule has 4 saturated heterocycles. The number of nitrogens with zero attached hydrogens (tertiary/aromatic N) is 7. The third-order valence-corrected chi connectivity index (χ3v) is 14.6. The van der Waals surface area contributed by atoms with Crippen molar-refractivity contribution in [2.24, 2.45) is 5.41 Å². The van der Waals surface area contributed by atoms with E-state index in [2.05, 4.69) is 25.8 Å². The Labute approximate surface area is 386 Å². The zero-order valence-corrected chi connectivity index (χ0v) is 38.2. The number of amides is 4. The van der Waals surface area contributed by atoms with Crippen LogP contribution in [0.4, 0.5) is 31.9 Å². The minimum Gasteiger partial charge on any atom is -0.478 e. The summed E-state index contributed by atoms with van der Waals surface area (Å²) in [6.45, 7) is 7.64. The Kier molecular flexibility index (Phi) is 12.4. The number of rotatable bonds is 11. The van der Waals surface area contributed by atoms with Crippen LogP contribution in [0.25, 0.3) is 10.9 Å². The molecule has 0 bridgehead atoms. The summed E-state index contributed by atoms with van der Waals surface area (Å²) in [5, 5.41) is 9.11. The highest BCUT2D eigenvalue weighted by molar-refractivity contribution is 6.33. The maximum atomic E-state index is 16.6. The SMILES string of the molecule is CNC(=O)COc1cc2cc(Nc3nc(N4CCC(F)(CN5CCC6(CC5)CCN(c5c(F)ccc7c5C(=O)N(C5CCC(=O)NC5=O)C7)CC6)CC4)ncc3Cl)ccc2n(C(C)C)c1=O. The van der Waals surface area contributed by atoms with Gasteiger partial charge in [0.1, 0.15) is 22.6 Å². The number of likely N-dealkylation sites (N-methyl/N-ethyl adjacent to an activating group) is 1. The molecule has 19 heteroatoms. The number of hydrogen-bond acceptors (Lipinski definition) is 12. The van der Waals surface area contributed by atoms with Crippen molar-refractivity contribution in [3.8, 4) is 5.75 Å². The lowest BCUT2D eigenvalue weighted by atomic mass is 9.71. The predicted molar refractivity (Wildman–Crippen MR) is 246 cm³/mol. The number of alkyl halides is 1. The molecule has 4 aromatic rings. The molecule has 5 aliphatic heterocycles. The number of piperidine rings is 4. The van der Waals surface area contributed by atoms with E-state index in [4.69, 9.17) is 21.3 Å². The van der Waals surface area contributed by atoms with Gasteiger partial charge in [-0.15, -0.1) is 0 Å². The first-order chi connectivity index (χ1) is 31.6. The number of anilines is 4. The molecule has 0 saturated carbocycles. The fourth-order valence-corrected chi connectivity index (χ4v) is 10.6. The van der Waals surface area contributed by atoms with Crippen LogP contribution >= 0.6 is 11.6 Å². The summed E-state index contributed by atoms with van der Waals surface area (Å²) in [6.07, 6.45) is 6.05. The molecule has 350 valence electrons. The van der Waals surface area contributed by atoms with E-state index in [1.165, 1.54) is 24.2 Å². The number of benzene rings is 2. The number of imide groups is 1. The van der Waals surface area contributed by atoms with Crippen molar-refractivity contribution in [3.05, 3.63) is 74.9 Å². The van der Waals surface area contributed by atoms with Crippen molar-refractivity contribution in [2.45, 2.75) is 89.5 Å². The van der Waals surface area contributed by atoms with Crippen LogP contribution < -0.4 is 36.0 Å². The van der Waals surface area contributed by atoms with E-state index < -0.39 is 23.4 Å². The third-order valence-electron chi connectivity index (χ3n) is 14.3. The standard InChI is InChI=1S/C47H55ClF2N10O6/c1-28(2)60-34-7-5-31(22-30(34)23-36(43(60)64)66-26-38(62)51-3)53-41-32(48)24-52-45(55-41)58-20-14-47(50,15-21-58)27-56-16-10-46(11-17-56)12-18-57(19-13-46)40-33(49)6-4-29-25-59(44(65)39(29)40)35-8-9-37(61)54-42(35)63/h4-7,22-24,28,35H,8-21,25-27H2,1-3H3,(H,51,62)(H,52,53,55)(H,54,61,63). The van der Waals surface area contributed by atoms with Crippen molar-refractivity contribution in [1.29, 1.82) is 0 Å². The number of ether oxygens (including phenoxy) is 1. The molecule has 4 fully saturated rings. The number of fused-ring (bicyclic) bond motifs is 2. The predicted octanol–water partition coefficient (Wildman–Crippen LogP) is 5.49. The van der Waals surface area contributed by atoms with Gasteiger partial charge in [-0.2, -0.15) is 4.98 Å². The largest absolute Gasteiger partial charge is 0.478 e. The smallest absolute Gasteiger partial charge is 0.293 e. The minimum atomic E-state index is -1.37. The Bertz CT molecular complexity index is 2640. The maximum Gasteiger partial charge on any atom is 0.293 e. The number of nitrogens with one attached hydrogen (secondary N) is 3. The van der Waals surface area contributed by atoms with Crippen LogP contribution in [0.1, 0.15) is 87.2 Å². The molecule has 1 spiro atoms. The summed E-state index contributed by atoms with van der Waals surface area (Å²) < 4.78 is 39.4. The second-order valence-corrected chi connectivity index (χ2v) is 19.1. The Morgan fingerprint density at radius 1 is 0.970 bits per heavy atom. The van der Waals surface area contributed by atoms with E-state index in [0.717, 1.165) is 38.8 Å². The van der Waals surface area contributed by atoms with Crippen LogP contribution in [0.5, 0.6) is 5.75 Å². The fourth-order valence-electron chi connectivity index (χ4n) is 10.4. The van der Waals surface area contributed by atoms with Gasteiger partial charge in [0.05, 0.1) is 23.0 Å². The Hall–Kier alpha value is -5.88. The summed E-state index contributed by atoms with van der Waals surface area (Å²) in [6, 6.07) is 9.21. The average Bonchev–Trinajstić information content (AvgIpc) is 3.62. The van der Waals surface area contributed by atoms with Crippen LogP contribution in [0.3, 0.4) is 0 Å². The highest BCUT2D eigenvalue weighted by Gasteiger charge is 2.45. The molecule has 1 unspecified atom stereocenters. The molecular formula is C47H55ClF2N10O6. The molecule has 2 aromatic carbocycles. The summed E-state index contributed by atoms with van der Waals surface area (Å²) in [5.74, 6) is -1.17. The molecular weight excluding hydrogens is 874 g/mol. The normalized spacial score (nSPS) is 20.8. The first kappa shape index (κ1) is 45.3. The number of pyridine rings is 1. The summed E-state index contributed by atoms with van der Waals surface area (Å²) >= 11 is 6.59. The van der Waals surface area contributed by atoms with E-state index in [1.54, 1.807) is 16.7 Å². The van der Waals surface area contributed by atoms with Crippen LogP contribution in [0.2, 0.25) is 5.02 Å². The zero-order chi connectivity index (χ0) is 46.5. The first-order valence-electron chi connectivity index (χ1n) is 22.8. The number of likely N-dealkylation sites (tertiary alicyclic amines) is 1. The Morgan fingerprint density at radius 3 is 2.38 bits per heavy atom. The lowest BCUT2D eigenvalue weighted by molar-refractivity contribution is -0.137. The molecule has 3 N–H and O–H groups in total. The molecule has 9 rings (SSSR count). The quantitative estimate of drug-likeness (QED) is 0.162. The van der Waals surface area contributed by atoms with Crippen molar-refractivity contribution >= 4 is 69.3 Å². The van der Waals surface area contributed by atoms with Gasteiger partial charge >= 0.3 is 0 Å². The van der Waals surface area contributed by atoms with E-state index in [1.807, 2.05) is 41.8 Å². The Balaban J connectivity index is 0.786. The minimum absolute atomic E-state index is 0.0587. The number of hydrogen-bond donors (Lipinski definition) is 3.